The summed E-state index contributed by atoms with van der Waals surface area (Å²) in [5.41, 5.74) is -0.110. The highest BCUT2D eigenvalue weighted by molar-refractivity contribution is 6.58. The van der Waals surface area contributed by atoms with Crippen LogP contribution in [0, 0.1) is 12.7 Å². The molecule has 0 aliphatic rings. The van der Waals surface area contributed by atoms with Gasteiger partial charge in [-0.25, -0.2) is 4.39 Å². The van der Waals surface area contributed by atoms with Gasteiger partial charge in [-0.3, -0.25) is 0 Å². The Labute approximate surface area is 84.3 Å². The van der Waals surface area contributed by atoms with E-state index in [0.29, 0.717) is 0 Å². The predicted octanol–water partition coefficient (Wildman–Crippen LogP) is 0.415. The second kappa shape index (κ2) is 4.54. The molecule has 0 bridgehead atoms. The van der Waals surface area contributed by atoms with Crippen LogP contribution in [0.3, 0.4) is 0 Å². The standard InChI is InChI=1S/C8H8BF3O3/c1-4-2-5(9(13)14)3-6(7(4)10)15-8(11)12/h2-3,8,13-14H,1H3. The largest absolute Gasteiger partial charge is 0.488 e. The minimum absolute atomic E-state index is 0.00347. The van der Waals surface area contributed by atoms with Crippen molar-refractivity contribution in [3.63, 3.8) is 0 Å². The molecule has 0 saturated heterocycles. The van der Waals surface area contributed by atoms with Crippen LogP contribution in [0.25, 0.3) is 0 Å². The molecule has 0 aliphatic heterocycles. The fourth-order valence-corrected chi connectivity index (χ4v) is 1.09. The Kier molecular flexibility index (Phi) is 3.59. The molecule has 0 atom stereocenters. The first kappa shape index (κ1) is 11.9. The summed E-state index contributed by atoms with van der Waals surface area (Å²) in [5.74, 6) is -1.65. The Morgan fingerprint density at radius 2 is 1.93 bits per heavy atom. The van der Waals surface area contributed by atoms with Crippen LogP contribution in [-0.4, -0.2) is 23.8 Å². The number of ether oxygens (including phenoxy) is 1. The zero-order chi connectivity index (χ0) is 11.6. The maximum absolute atomic E-state index is 13.2. The molecule has 1 aromatic carbocycles. The molecule has 3 nitrogen and oxygen atoms in total. The van der Waals surface area contributed by atoms with Crippen molar-refractivity contribution in [2.75, 3.05) is 0 Å². The minimum atomic E-state index is -3.16. The van der Waals surface area contributed by atoms with Crippen molar-refractivity contribution in [1.29, 1.82) is 0 Å². The lowest BCUT2D eigenvalue weighted by atomic mass is 9.79. The number of rotatable bonds is 3. The van der Waals surface area contributed by atoms with Crippen molar-refractivity contribution in [2.24, 2.45) is 0 Å². The number of halogens is 3. The molecule has 15 heavy (non-hydrogen) atoms. The van der Waals surface area contributed by atoms with Gasteiger partial charge in [0, 0.05) is 0 Å². The van der Waals surface area contributed by atoms with E-state index in [1.165, 1.54) is 6.92 Å². The smallest absolute Gasteiger partial charge is 0.432 e. The molecule has 1 aromatic rings. The molecule has 0 spiro atoms. The highest BCUT2D eigenvalue weighted by atomic mass is 19.3. The fourth-order valence-electron chi connectivity index (χ4n) is 1.09. The molecule has 1 rings (SSSR count). The summed E-state index contributed by atoms with van der Waals surface area (Å²) in [7, 11) is -1.86. The van der Waals surface area contributed by atoms with Crippen LogP contribution < -0.4 is 10.2 Å². The minimum Gasteiger partial charge on any atom is -0.432 e. The molecule has 0 heterocycles. The maximum Gasteiger partial charge on any atom is 0.488 e. The van der Waals surface area contributed by atoms with Gasteiger partial charge in [-0.05, 0) is 24.0 Å². The molecule has 82 valence electrons. The summed E-state index contributed by atoms with van der Waals surface area (Å²) < 4.78 is 40.8. The van der Waals surface area contributed by atoms with E-state index in [9.17, 15) is 13.2 Å². The Morgan fingerprint density at radius 3 is 2.40 bits per heavy atom. The summed E-state index contributed by atoms with van der Waals surface area (Å²) in [6.07, 6.45) is 0. The molecule has 0 unspecified atom stereocenters. The summed E-state index contributed by atoms with van der Waals surface area (Å²) in [5, 5.41) is 17.6. The van der Waals surface area contributed by atoms with Crippen LogP contribution in [-0.2, 0) is 0 Å². The zero-order valence-electron chi connectivity index (χ0n) is 7.75. The second-order valence-electron chi connectivity index (χ2n) is 2.90. The van der Waals surface area contributed by atoms with E-state index in [2.05, 4.69) is 4.74 Å². The van der Waals surface area contributed by atoms with Crippen molar-refractivity contribution in [2.45, 2.75) is 13.5 Å². The number of hydrogen-bond donors (Lipinski definition) is 2. The average molecular weight is 220 g/mol. The van der Waals surface area contributed by atoms with E-state index in [-0.39, 0.29) is 11.0 Å². The van der Waals surface area contributed by atoms with Crippen molar-refractivity contribution < 1.29 is 28.0 Å². The van der Waals surface area contributed by atoms with E-state index < -0.39 is 25.3 Å². The van der Waals surface area contributed by atoms with Gasteiger partial charge in [-0.2, -0.15) is 8.78 Å². The van der Waals surface area contributed by atoms with Crippen LogP contribution in [0.5, 0.6) is 5.75 Å². The normalized spacial score (nSPS) is 10.6. The molecular weight excluding hydrogens is 212 g/mol. The number of alkyl halides is 2. The Hall–Kier alpha value is -1.21. The Morgan fingerprint density at radius 1 is 1.33 bits per heavy atom. The fraction of sp³-hybridized carbons (Fsp3) is 0.250. The zero-order valence-corrected chi connectivity index (χ0v) is 7.75. The lowest BCUT2D eigenvalue weighted by Crippen LogP contribution is -2.30. The van der Waals surface area contributed by atoms with Gasteiger partial charge in [-0.15, -0.1) is 0 Å². The average Bonchev–Trinajstić information content (AvgIpc) is 2.11. The Bertz CT molecular complexity index is 357. The van der Waals surface area contributed by atoms with Gasteiger partial charge in [0.05, 0.1) is 0 Å². The quantitative estimate of drug-likeness (QED) is 0.725. The molecule has 0 fully saturated rings. The van der Waals surface area contributed by atoms with Gasteiger partial charge in [0.2, 0.25) is 0 Å². The maximum atomic E-state index is 13.2. The molecule has 0 radical (unpaired) electrons. The first-order chi connectivity index (χ1) is 6.91. The molecule has 2 N–H and O–H groups in total. The van der Waals surface area contributed by atoms with E-state index in [0.717, 1.165) is 12.1 Å². The first-order valence-corrected chi connectivity index (χ1v) is 4.03. The van der Waals surface area contributed by atoms with Gasteiger partial charge in [0.25, 0.3) is 0 Å². The molecule has 7 heteroatoms. The molecule has 0 aliphatic carbocycles. The topological polar surface area (TPSA) is 49.7 Å². The lowest BCUT2D eigenvalue weighted by molar-refractivity contribution is -0.0521. The van der Waals surface area contributed by atoms with Crippen LogP contribution in [0.4, 0.5) is 13.2 Å². The summed E-state index contributed by atoms with van der Waals surface area (Å²) in [6.45, 7) is -1.86. The van der Waals surface area contributed by atoms with E-state index in [4.69, 9.17) is 10.0 Å². The van der Waals surface area contributed by atoms with E-state index in [1.54, 1.807) is 0 Å². The van der Waals surface area contributed by atoms with Gasteiger partial charge in [0.15, 0.2) is 11.6 Å². The van der Waals surface area contributed by atoms with Crippen molar-refractivity contribution >= 4 is 12.6 Å². The first-order valence-electron chi connectivity index (χ1n) is 4.03. The molecule has 0 saturated carbocycles. The molecule has 0 aromatic heterocycles. The highest BCUT2D eigenvalue weighted by Crippen LogP contribution is 2.20. The summed E-state index contributed by atoms with van der Waals surface area (Å²) in [4.78, 5) is 0. The van der Waals surface area contributed by atoms with Crippen molar-refractivity contribution in [1.82, 2.24) is 0 Å². The van der Waals surface area contributed by atoms with Gasteiger partial charge in [-0.1, -0.05) is 6.07 Å². The highest BCUT2D eigenvalue weighted by Gasteiger charge is 2.18. The summed E-state index contributed by atoms with van der Waals surface area (Å²) >= 11 is 0. The van der Waals surface area contributed by atoms with Crippen molar-refractivity contribution in [3.05, 3.63) is 23.5 Å². The van der Waals surface area contributed by atoms with Gasteiger partial charge >= 0.3 is 13.7 Å². The number of hydrogen-bond acceptors (Lipinski definition) is 3. The Balaban J connectivity index is 3.13. The van der Waals surface area contributed by atoms with Gasteiger partial charge in [0.1, 0.15) is 0 Å². The second-order valence-corrected chi connectivity index (χ2v) is 2.90. The monoisotopic (exact) mass is 220 g/mol. The third-order valence-electron chi connectivity index (χ3n) is 1.76. The third-order valence-corrected chi connectivity index (χ3v) is 1.76. The van der Waals surface area contributed by atoms with Gasteiger partial charge < -0.3 is 14.8 Å². The van der Waals surface area contributed by atoms with Crippen LogP contribution in [0.1, 0.15) is 5.56 Å². The van der Waals surface area contributed by atoms with E-state index >= 15 is 0 Å². The van der Waals surface area contributed by atoms with Crippen molar-refractivity contribution in [3.8, 4) is 5.75 Å². The summed E-state index contributed by atoms with van der Waals surface area (Å²) in [6, 6.07) is 1.96. The SMILES string of the molecule is Cc1cc(B(O)O)cc(OC(F)F)c1F. The number of aryl methyl sites for hydroxylation is 1. The van der Waals surface area contributed by atoms with E-state index in [1.807, 2.05) is 0 Å². The third kappa shape index (κ3) is 2.87. The lowest BCUT2D eigenvalue weighted by Gasteiger charge is -2.09. The van der Waals surface area contributed by atoms with Crippen LogP contribution in [0.2, 0.25) is 0 Å². The van der Waals surface area contributed by atoms with Crippen LogP contribution >= 0.6 is 0 Å². The number of benzene rings is 1. The predicted molar refractivity (Wildman–Crippen MR) is 47.6 cm³/mol. The molecule has 0 amide bonds. The van der Waals surface area contributed by atoms with Crippen LogP contribution in [0.15, 0.2) is 12.1 Å². The molecular formula is C8H8BF3O3.